The van der Waals surface area contributed by atoms with Crippen molar-refractivity contribution in [2.75, 3.05) is 45.0 Å². The normalized spacial score (nSPS) is 16.9. The standard InChI is InChI=1S/C23H33N3O4S2/c1-19-9-10-20(2)23(17-19)32(29,30)26(18-21(3)22-7-5-4-6-8-22)15-16-31(27,28)25-13-11-24-12-14-25/h4-10,17,21,24H,11-16,18H2,1-3H3. The molecule has 32 heavy (non-hydrogen) atoms. The van der Waals surface area contributed by atoms with Gasteiger partial charge in [-0.1, -0.05) is 49.4 Å². The molecule has 1 heterocycles. The van der Waals surface area contributed by atoms with Gasteiger partial charge in [0.05, 0.1) is 10.6 Å². The summed E-state index contributed by atoms with van der Waals surface area (Å²) in [6.07, 6.45) is 0. The lowest BCUT2D eigenvalue weighted by atomic mass is 10.0. The number of benzene rings is 2. The van der Waals surface area contributed by atoms with Crippen molar-refractivity contribution in [3.63, 3.8) is 0 Å². The van der Waals surface area contributed by atoms with Crippen molar-refractivity contribution in [3.05, 3.63) is 65.2 Å². The summed E-state index contributed by atoms with van der Waals surface area (Å²) in [6, 6.07) is 15.0. The van der Waals surface area contributed by atoms with E-state index in [0.29, 0.717) is 31.7 Å². The SMILES string of the molecule is Cc1ccc(C)c(S(=O)(=O)N(CCS(=O)(=O)N2CCNCC2)CC(C)c2ccccc2)c1. The molecule has 1 saturated heterocycles. The fourth-order valence-electron chi connectivity index (χ4n) is 3.90. The summed E-state index contributed by atoms with van der Waals surface area (Å²) in [7, 11) is -7.42. The fraction of sp³-hybridized carbons (Fsp3) is 0.478. The van der Waals surface area contributed by atoms with Crippen LogP contribution in [0.1, 0.15) is 29.5 Å². The maximum Gasteiger partial charge on any atom is 0.243 e. The Labute approximate surface area is 192 Å². The second-order valence-electron chi connectivity index (χ2n) is 8.41. The molecular weight excluding hydrogens is 446 g/mol. The lowest BCUT2D eigenvalue weighted by Gasteiger charge is -2.29. The molecule has 1 N–H and O–H groups in total. The molecule has 0 saturated carbocycles. The van der Waals surface area contributed by atoms with Crippen molar-refractivity contribution in [2.24, 2.45) is 0 Å². The van der Waals surface area contributed by atoms with E-state index in [-0.39, 0.29) is 29.7 Å². The Bertz CT molecular complexity index is 1110. The first-order valence-corrected chi connectivity index (χ1v) is 14.0. The third-order valence-corrected chi connectivity index (χ3v) is 9.73. The molecule has 0 spiro atoms. The molecule has 0 radical (unpaired) electrons. The zero-order valence-electron chi connectivity index (χ0n) is 19.0. The Hall–Kier alpha value is -1.78. The van der Waals surface area contributed by atoms with Crippen LogP contribution in [0.25, 0.3) is 0 Å². The lowest BCUT2D eigenvalue weighted by molar-refractivity contribution is 0.354. The maximum atomic E-state index is 13.7. The Morgan fingerprint density at radius 3 is 2.31 bits per heavy atom. The van der Waals surface area contributed by atoms with Crippen LogP contribution in [-0.4, -0.2) is 70.5 Å². The highest BCUT2D eigenvalue weighted by molar-refractivity contribution is 7.90. The molecule has 9 heteroatoms. The first-order chi connectivity index (χ1) is 15.1. The van der Waals surface area contributed by atoms with E-state index in [1.807, 2.05) is 50.2 Å². The molecule has 2 aromatic carbocycles. The van der Waals surface area contributed by atoms with Gasteiger partial charge in [0.1, 0.15) is 0 Å². The molecule has 1 unspecified atom stereocenters. The number of hydrogen-bond acceptors (Lipinski definition) is 5. The number of rotatable bonds is 9. The molecule has 1 aliphatic rings. The maximum absolute atomic E-state index is 13.7. The molecule has 1 fully saturated rings. The summed E-state index contributed by atoms with van der Waals surface area (Å²) in [4.78, 5) is 0.234. The predicted molar refractivity (Wildman–Crippen MR) is 128 cm³/mol. The zero-order valence-corrected chi connectivity index (χ0v) is 20.6. The van der Waals surface area contributed by atoms with E-state index in [0.717, 1.165) is 11.1 Å². The van der Waals surface area contributed by atoms with E-state index in [9.17, 15) is 16.8 Å². The largest absolute Gasteiger partial charge is 0.314 e. The topological polar surface area (TPSA) is 86.8 Å². The highest BCUT2D eigenvalue weighted by atomic mass is 32.2. The van der Waals surface area contributed by atoms with Gasteiger partial charge >= 0.3 is 0 Å². The second kappa shape index (κ2) is 10.4. The summed E-state index contributed by atoms with van der Waals surface area (Å²) in [5.41, 5.74) is 2.51. The van der Waals surface area contributed by atoms with Gasteiger partial charge in [-0.2, -0.15) is 8.61 Å². The summed E-state index contributed by atoms with van der Waals surface area (Å²) < 4.78 is 56.0. The van der Waals surface area contributed by atoms with Gasteiger partial charge in [0, 0.05) is 39.3 Å². The van der Waals surface area contributed by atoms with Crippen LogP contribution in [0.15, 0.2) is 53.4 Å². The molecule has 0 amide bonds. The van der Waals surface area contributed by atoms with E-state index in [1.54, 1.807) is 19.1 Å². The highest BCUT2D eigenvalue weighted by Gasteiger charge is 2.31. The number of nitrogens with zero attached hydrogens (tertiary/aromatic N) is 2. The van der Waals surface area contributed by atoms with E-state index in [4.69, 9.17) is 0 Å². The summed E-state index contributed by atoms with van der Waals surface area (Å²) >= 11 is 0. The van der Waals surface area contributed by atoms with Gasteiger partial charge in [-0.05, 0) is 42.5 Å². The molecule has 1 aliphatic heterocycles. The quantitative estimate of drug-likeness (QED) is 0.597. The molecule has 0 aromatic heterocycles. The Balaban J connectivity index is 1.89. The Kier molecular flexibility index (Phi) is 8.11. The smallest absolute Gasteiger partial charge is 0.243 e. The monoisotopic (exact) mass is 479 g/mol. The minimum absolute atomic E-state index is 0.0842. The average Bonchev–Trinajstić information content (AvgIpc) is 2.79. The molecular formula is C23H33N3O4S2. The van der Waals surface area contributed by atoms with Gasteiger partial charge in [0.25, 0.3) is 0 Å². The number of piperazine rings is 1. The summed E-state index contributed by atoms with van der Waals surface area (Å²) in [5, 5.41) is 3.14. The molecule has 7 nitrogen and oxygen atoms in total. The minimum atomic E-state index is -3.87. The first-order valence-electron chi connectivity index (χ1n) is 10.9. The zero-order chi connectivity index (χ0) is 23.4. The van der Waals surface area contributed by atoms with Crippen molar-refractivity contribution in [1.29, 1.82) is 0 Å². The van der Waals surface area contributed by atoms with E-state index >= 15 is 0 Å². The van der Waals surface area contributed by atoms with Gasteiger partial charge in [-0.25, -0.2) is 16.8 Å². The van der Waals surface area contributed by atoms with Crippen molar-refractivity contribution in [2.45, 2.75) is 31.6 Å². The summed E-state index contributed by atoms with van der Waals surface area (Å²) in [6.45, 7) is 7.73. The van der Waals surface area contributed by atoms with Crippen LogP contribution in [0.3, 0.4) is 0 Å². The van der Waals surface area contributed by atoms with Gasteiger partial charge in [-0.3, -0.25) is 0 Å². The first kappa shape index (κ1) is 24.9. The number of nitrogens with one attached hydrogen (secondary N) is 1. The fourth-order valence-corrected chi connectivity index (χ4v) is 7.30. The van der Waals surface area contributed by atoms with Crippen LogP contribution in [0.5, 0.6) is 0 Å². The van der Waals surface area contributed by atoms with Crippen molar-refractivity contribution < 1.29 is 16.8 Å². The number of hydrogen-bond donors (Lipinski definition) is 1. The van der Waals surface area contributed by atoms with Crippen LogP contribution in [0.2, 0.25) is 0 Å². The third kappa shape index (κ3) is 5.96. The molecule has 0 aliphatic carbocycles. The van der Waals surface area contributed by atoms with Crippen LogP contribution in [-0.2, 0) is 20.0 Å². The second-order valence-corrected chi connectivity index (χ2v) is 12.4. The van der Waals surface area contributed by atoms with Crippen molar-refractivity contribution in [3.8, 4) is 0 Å². The third-order valence-electron chi connectivity index (χ3n) is 5.88. The van der Waals surface area contributed by atoms with Gasteiger partial charge in [-0.15, -0.1) is 0 Å². The van der Waals surface area contributed by atoms with E-state index < -0.39 is 20.0 Å². The van der Waals surface area contributed by atoms with Crippen molar-refractivity contribution >= 4 is 20.0 Å². The molecule has 0 bridgehead atoms. The van der Waals surface area contributed by atoms with Crippen LogP contribution < -0.4 is 5.32 Å². The Morgan fingerprint density at radius 2 is 1.66 bits per heavy atom. The van der Waals surface area contributed by atoms with Gasteiger partial charge in [0.2, 0.25) is 20.0 Å². The lowest BCUT2D eigenvalue weighted by Crippen LogP contribution is -2.48. The minimum Gasteiger partial charge on any atom is -0.314 e. The van der Waals surface area contributed by atoms with E-state index in [2.05, 4.69) is 5.32 Å². The Morgan fingerprint density at radius 1 is 1.00 bits per heavy atom. The number of aryl methyl sites for hydroxylation is 2. The highest BCUT2D eigenvalue weighted by Crippen LogP contribution is 2.25. The molecule has 3 rings (SSSR count). The van der Waals surface area contributed by atoms with Crippen LogP contribution >= 0.6 is 0 Å². The molecule has 176 valence electrons. The van der Waals surface area contributed by atoms with Gasteiger partial charge < -0.3 is 5.32 Å². The number of sulfonamides is 2. The predicted octanol–water partition coefficient (Wildman–Crippen LogP) is 2.33. The molecule has 1 atom stereocenters. The van der Waals surface area contributed by atoms with Crippen LogP contribution in [0, 0.1) is 13.8 Å². The van der Waals surface area contributed by atoms with E-state index in [1.165, 1.54) is 8.61 Å². The van der Waals surface area contributed by atoms with Gasteiger partial charge in [0.15, 0.2) is 0 Å². The summed E-state index contributed by atoms with van der Waals surface area (Å²) in [5.74, 6) is -0.323. The molecule has 2 aromatic rings. The van der Waals surface area contributed by atoms with Crippen LogP contribution in [0.4, 0.5) is 0 Å². The average molecular weight is 480 g/mol. The van der Waals surface area contributed by atoms with Crippen molar-refractivity contribution in [1.82, 2.24) is 13.9 Å².